The Morgan fingerprint density at radius 2 is 2.07 bits per heavy atom. The number of ether oxygens (including phenoxy) is 2. The second-order valence-corrected chi connectivity index (χ2v) is 4.54. The van der Waals surface area contributed by atoms with Crippen molar-refractivity contribution >= 4 is 5.84 Å². The van der Waals surface area contributed by atoms with Crippen molar-refractivity contribution in [3.63, 3.8) is 0 Å². The molecule has 4 heteroatoms. The second kappa shape index (κ2) is 6.80. The Kier molecular flexibility index (Phi) is 6.52. The van der Waals surface area contributed by atoms with Crippen LogP contribution in [0.3, 0.4) is 0 Å². The Labute approximate surface area is 92.6 Å². The lowest BCUT2D eigenvalue weighted by molar-refractivity contribution is 0.00633. The highest BCUT2D eigenvalue weighted by atomic mass is 16.5. The fourth-order valence-electron chi connectivity index (χ4n) is 1.22. The van der Waals surface area contributed by atoms with Crippen molar-refractivity contribution in [2.24, 2.45) is 11.1 Å². The minimum atomic E-state index is -0.214. The van der Waals surface area contributed by atoms with Gasteiger partial charge in [0.1, 0.15) is 0 Å². The summed E-state index contributed by atoms with van der Waals surface area (Å²) in [6.07, 6.45) is 1.93. The molecule has 1 unspecified atom stereocenters. The van der Waals surface area contributed by atoms with E-state index in [0.717, 1.165) is 12.8 Å². The molecule has 90 valence electrons. The van der Waals surface area contributed by atoms with Gasteiger partial charge in [-0.2, -0.15) is 0 Å². The number of hydrogen-bond donors (Lipinski definition) is 2. The summed E-state index contributed by atoms with van der Waals surface area (Å²) in [5.41, 5.74) is 5.27. The third kappa shape index (κ3) is 6.47. The van der Waals surface area contributed by atoms with E-state index in [1.54, 1.807) is 7.11 Å². The zero-order valence-electron chi connectivity index (χ0n) is 10.3. The Morgan fingerprint density at radius 3 is 2.53 bits per heavy atom. The lowest BCUT2D eigenvalue weighted by Crippen LogP contribution is -2.31. The molecule has 0 spiro atoms. The molecule has 3 N–H and O–H groups in total. The number of methoxy groups -OCH3 is 1. The highest BCUT2D eigenvalue weighted by molar-refractivity contribution is 5.82. The van der Waals surface area contributed by atoms with E-state index in [9.17, 15) is 0 Å². The van der Waals surface area contributed by atoms with Gasteiger partial charge in [-0.3, -0.25) is 5.41 Å². The minimum Gasteiger partial charge on any atom is -0.387 e. The maximum Gasteiger partial charge on any atom is 0.0963 e. The molecule has 0 aliphatic rings. The van der Waals surface area contributed by atoms with Crippen LogP contribution in [0.25, 0.3) is 0 Å². The predicted molar refractivity (Wildman–Crippen MR) is 62.2 cm³/mol. The summed E-state index contributed by atoms with van der Waals surface area (Å²) in [6.45, 7) is 7.26. The predicted octanol–water partition coefficient (Wildman–Crippen LogP) is 1.78. The van der Waals surface area contributed by atoms with Crippen molar-refractivity contribution in [2.75, 3.05) is 20.3 Å². The topological polar surface area (TPSA) is 68.3 Å². The number of nitrogens with two attached hydrogens (primary N) is 1. The van der Waals surface area contributed by atoms with E-state index in [4.69, 9.17) is 20.6 Å². The Bertz CT molecular complexity index is 193. The smallest absolute Gasteiger partial charge is 0.0963 e. The SMILES string of the molecule is COCC(C)OCCCC(C)(C)C(=N)N. The highest BCUT2D eigenvalue weighted by Crippen LogP contribution is 2.21. The highest BCUT2D eigenvalue weighted by Gasteiger charge is 2.20. The van der Waals surface area contributed by atoms with Gasteiger partial charge in [-0.25, -0.2) is 0 Å². The van der Waals surface area contributed by atoms with Crippen molar-refractivity contribution < 1.29 is 9.47 Å². The lowest BCUT2D eigenvalue weighted by Gasteiger charge is -2.23. The van der Waals surface area contributed by atoms with Gasteiger partial charge in [0, 0.05) is 19.1 Å². The van der Waals surface area contributed by atoms with Crippen LogP contribution in [0.15, 0.2) is 0 Å². The molecule has 0 aromatic rings. The maximum absolute atomic E-state index is 7.40. The van der Waals surface area contributed by atoms with Gasteiger partial charge in [-0.15, -0.1) is 0 Å². The van der Waals surface area contributed by atoms with Crippen molar-refractivity contribution in [1.29, 1.82) is 5.41 Å². The van der Waals surface area contributed by atoms with Crippen LogP contribution in [-0.2, 0) is 9.47 Å². The molecule has 0 fully saturated rings. The minimum absolute atomic E-state index is 0.135. The van der Waals surface area contributed by atoms with Crippen LogP contribution >= 0.6 is 0 Å². The lowest BCUT2D eigenvalue weighted by atomic mass is 9.87. The molecule has 4 nitrogen and oxygen atoms in total. The monoisotopic (exact) mass is 216 g/mol. The Hall–Kier alpha value is -0.610. The van der Waals surface area contributed by atoms with Gasteiger partial charge in [0.2, 0.25) is 0 Å². The van der Waals surface area contributed by atoms with Gasteiger partial charge >= 0.3 is 0 Å². The molecule has 0 aromatic heterocycles. The summed E-state index contributed by atoms with van der Waals surface area (Å²) >= 11 is 0. The van der Waals surface area contributed by atoms with E-state index in [2.05, 4.69) is 0 Å². The van der Waals surface area contributed by atoms with E-state index in [1.165, 1.54) is 0 Å². The summed E-state index contributed by atoms with van der Waals surface area (Å²) in [5.74, 6) is 0.243. The first-order valence-corrected chi connectivity index (χ1v) is 5.35. The van der Waals surface area contributed by atoms with Gasteiger partial charge in [0.15, 0.2) is 0 Å². The summed E-state index contributed by atoms with van der Waals surface area (Å²) in [5, 5.41) is 7.40. The normalized spacial score (nSPS) is 13.9. The largest absolute Gasteiger partial charge is 0.387 e. The first kappa shape index (κ1) is 14.4. The van der Waals surface area contributed by atoms with Crippen molar-refractivity contribution in [3.8, 4) is 0 Å². The molecule has 0 radical (unpaired) electrons. The molecular weight excluding hydrogens is 192 g/mol. The third-order valence-electron chi connectivity index (χ3n) is 2.48. The molecule has 0 rings (SSSR count). The quantitative estimate of drug-likeness (QED) is 0.369. The third-order valence-corrected chi connectivity index (χ3v) is 2.48. The molecule has 0 saturated heterocycles. The Balaban J connectivity index is 3.58. The van der Waals surface area contributed by atoms with Crippen molar-refractivity contribution in [2.45, 2.75) is 39.7 Å². The number of hydrogen-bond acceptors (Lipinski definition) is 3. The zero-order chi connectivity index (χ0) is 11.9. The zero-order valence-corrected chi connectivity index (χ0v) is 10.3. The number of amidine groups is 1. The average Bonchev–Trinajstić information content (AvgIpc) is 2.13. The van der Waals surface area contributed by atoms with Crippen molar-refractivity contribution in [3.05, 3.63) is 0 Å². The molecule has 0 bridgehead atoms. The standard InChI is InChI=1S/C11H24N2O2/c1-9(8-14-4)15-7-5-6-11(2,3)10(12)13/h9H,5-8H2,1-4H3,(H3,12,13). The molecule has 0 aliphatic heterocycles. The maximum atomic E-state index is 7.40. The van der Waals surface area contributed by atoms with Gasteiger partial charge in [0.05, 0.1) is 18.5 Å². The summed E-state index contributed by atoms with van der Waals surface area (Å²) in [6, 6.07) is 0. The summed E-state index contributed by atoms with van der Waals surface area (Å²) in [7, 11) is 1.67. The molecule has 0 aliphatic carbocycles. The first-order valence-electron chi connectivity index (χ1n) is 5.35. The van der Waals surface area contributed by atoms with Crippen LogP contribution in [0.2, 0.25) is 0 Å². The van der Waals surface area contributed by atoms with Gasteiger partial charge in [-0.05, 0) is 19.8 Å². The molecule has 0 amide bonds. The molecule has 0 heterocycles. The van der Waals surface area contributed by atoms with Gasteiger partial charge in [-0.1, -0.05) is 13.8 Å². The average molecular weight is 216 g/mol. The fraction of sp³-hybridized carbons (Fsp3) is 0.909. The number of rotatable bonds is 8. The van der Waals surface area contributed by atoms with Gasteiger partial charge in [0.25, 0.3) is 0 Å². The van der Waals surface area contributed by atoms with Gasteiger partial charge < -0.3 is 15.2 Å². The van der Waals surface area contributed by atoms with Crippen molar-refractivity contribution in [1.82, 2.24) is 0 Å². The Morgan fingerprint density at radius 1 is 1.47 bits per heavy atom. The summed E-state index contributed by atoms with van der Waals surface area (Å²) in [4.78, 5) is 0. The molecule has 0 saturated carbocycles. The first-order chi connectivity index (χ1) is 6.90. The van der Waals surface area contributed by atoms with Crippen LogP contribution in [0, 0.1) is 10.8 Å². The van der Waals surface area contributed by atoms with E-state index in [0.29, 0.717) is 13.2 Å². The van der Waals surface area contributed by atoms with Crippen LogP contribution < -0.4 is 5.73 Å². The molecule has 15 heavy (non-hydrogen) atoms. The fourth-order valence-corrected chi connectivity index (χ4v) is 1.22. The van der Waals surface area contributed by atoms with E-state index < -0.39 is 0 Å². The van der Waals surface area contributed by atoms with E-state index in [-0.39, 0.29) is 17.4 Å². The molecule has 0 aromatic carbocycles. The van der Waals surface area contributed by atoms with Crippen LogP contribution in [-0.4, -0.2) is 32.3 Å². The molecular formula is C11H24N2O2. The second-order valence-electron chi connectivity index (χ2n) is 4.54. The number of nitrogens with one attached hydrogen (secondary N) is 1. The van der Waals surface area contributed by atoms with Crippen LogP contribution in [0.4, 0.5) is 0 Å². The van der Waals surface area contributed by atoms with Crippen LogP contribution in [0.1, 0.15) is 33.6 Å². The molecule has 1 atom stereocenters. The van der Waals surface area contributed by atoms with Crippen LogP contribution in [0.5, 0.6) is 0 Å². The van der Waals surface area contributed by atoms with E-state index in [1.807, 2.05) is 20.8 Å². The summed E-state index contributed by atoms with van der Waals surface area (Å²) < 4.78 is 10.5. The van der Waals surface area contributed by atoms with E-state index >= 15 is 0 Å².